The van der Waals surface area contributed by atoms with E-state index in [0.717, 1.165) is 0 Å². The van der Waals surface area contributed by atoms with Gasteiger partial charge in [-0.3, -0.25) is 14.9 Å². The first-order chi connectivity index (χ1) is 8.93. The maximum absolute atomic E-state index is 10.8. The second-order valence-corrected chi connectivity index (χ2v) is 4.18. The third kappa shape index (κ3) is 4.27. The Bertz CT molecular complexity index is 536. The molecule has 0 spiro atoms. The van der Waals surface area contributed by atoms with Crippen LogP contribution in [-0.2, 0) is 4.79 Å². The van der Waals surface area contributed by atoms with Gasteiger partial charge in [-0.15, -0.1) is 0 Å². The van der Waals surface area contributed by atoms with Gasteiger partial charge in [0.2, 0.25) is 0 Å². The molecule has 1 unspecified atom stereocenters. The number of aliphatic carboxylic acids is 1. The van der Waals surface area contributed by atoms with E-state index in [4.69, 9.17) is 10.4 Å². The molecule has 2 N–H and O–H groups in total. The van der Waals surface area contributed by atoms with Crippen molar-refractivity contribution in [3.05, 3.63) is 33.9 Å². The van der Waals surface area contributed by atoms with E-state index >= 15 is 0 Å². The molecule has 0 aliphatic carbocycles. The maximum Gasteiger partial charge on any atom is 0.303 e. The molecule has 1 aromatic rings. The fourth-order valence-corrected chi connectivity index (χ4v) is 1.55. The summed E-state index contributed by atoms with van der Waals surface area (Å²) in [5.74, 6) is -0.993. The Hall–Kier alpha value is -2.62. The molecule has 0 bridgehead atoms. The average Bonchev–Trinajstić information content (AvgIpc) is 2.35. The number of rotatable bonds is 6. The first-order valence-electron chi connectivity index (χ1n) is 5.58. The summed E-state index contributed by atoms with van der Waals surface area (Å²) in [6.45, 7) is 2.15. The largest absolute Gasteiger partial charge is 0.481 e. The van der Waals surface area contributed by atoms with Gasteiger partial charge in [0.1, 0.15) is 11.6 Å². The van der Waals surface area contributed by atoms with Gasteiger partial charge in [0, 0.05) is 24.7 Å². The predicted octanol–water partition coefficient (Wildman–Crippen LogP) is 1.99. The van der Waals surface area contributed by atoms with Gasteiger partial charge in [0.15, 0.2) is 0 Å². The summed E-state index contributed by atoms with van der Waals surface area (Å²) in [4.78, 5) is 20.6. The molecule has 0 aliphatic heterocycles. The van der Waals surface area contributed by atoms with Crippen LogP contribution in [0.3, 0.4) is 0 Å². The summed E-state index contributed by atoms with van der Waals surface area (Å²) in [7, 11) is 0. The number of nitrogens with zero attached hydrogens (tertiary/aromatic N) is 2. The Morgan fingerprint density at radius 3 is 2.84 bits per heavy atom. The minimum Gasteiger partial charge on any atom is -0.481 e. The van der Waals surface area contributed by atoms with Crippen molar-refractivity contribution in [2.45, 2.75) is 13.3 Å². The highest BCUT2D eigenvalue weighted by molar-refractivity contribution is 5.67. The molecule has 0 radical (unpaired) electrons. The van der Waals surface area contributed by atoms with Crippen molar-refractivity contribution in [2.75, 3.05) is 11.9 Å². The van der Waals surface area contributed by atoms with Crippen molar-refractivity contribution >= 4 is 17.3 Å². The molecular weight excluding hydrogens is 250 g/mol. The van der Waals surface area contributed by atoms with E-state index in [0.29, 0.717) is 12.2 Å². The van der Waals surface area contributed by atoms with Crippen molar-refractivity contribution in [1.29, 1.82) is 5.26 Å². The van der Waals surface area contributed by atoms with Gasteiger partial charge < -0.3 is 10.4 Å². The lowest BCUT2D eigenvalue weighted by atomic mass is 10.1. The number of carboxylic acids is 1. The van der Waals surface area contributed by atoms with Crippen molar-refractivity contribution in [1.82, 2.24) is 0 Å². The number of hydrogen-bond acceptors (Lipinski definition) is 5. The van der Waals surface area contributed by atoms with Gasteiger partial charge in [0.25, 0.3) is 5.69 Å². The quantitative estimate of drug-likeness (QED) is 0.598. The van der Waals surface area contributed by atoms with E-state index in [-0.39, 0.29) is 23.6 Å². The number of benzene rings is 1. The Morgan fingerprint density at radius 2 is 2.32 bits per heavy atom. The van der Waals surface area contributed by atoms with Crippen molar-refractivity contribution < 1.29 is 14.8 Å². The number of nitriles is 1. The first-order valence-corrected chi connectivity index (χ1v) is 5.58. The highest BCUT2D eigenvalue weighted by Gasteiger charge is 2.14. The molecule has 0 saturated heterocycles. The van der Waals surface area contributed by atoms with Crippen LogP contribution in [0.25, 0.3) is 0 Å². The summed E-state index contributed by atoms with van der Waals surface area (Å²) in [5, 5.41) is 31.0. The van der Waals surface area contributed by atoms with Crippen LogP contribution >= 0.6 is 0 Å². The van der Waals surface area contributed by atoms with Crippen molar-refractivity contribution in [3.63, 3.8) is 0 Å². The summed E-state index contributed by atoms with van der Waals surface area (Å²) < 4.78 is 0. The van der Waals surface area contributed by atoms with Gasteiger partial charge >= 0.3 is 5.97 Å². The van der Waals surface area contributed by atoms with Crippen molar-refractivity contribution in [2.24, 2.45) is 5.92 Å². The van der Waals surface area contributed by atoms with Crippen LogP contribution in [0.15, 0.2) is 18.2 Å². The Morgan fingerprint density at radius 1 is 1.63 bits per heavy atom. The zero-order chi connectivity index (χ0) is 14.4. The van der Waals surface area contributed by atoms with Gasteiger partial charge in [-0.05, 0) is 18.1 Å². The molecule has 0 aliphatic rings. The van der Waals surface area contributed by atoms with Crippen LogP contribution in [0.4, 0.5) is 11.4 Å². The van der Waals surface area contributed by atoms with Gasteiger partial charge in [-0.25, -0.2) is 0 Å². The molecule has 1 aromatic carbocycles. The smallest absolute Gasteiger partial charge is 0.303 e. The van der Waals surface area contributed by atoms with Crippen LogP contribution in [0.5, 0.6) is 0 Å². The van der Waals surface area contributed by atoms with E-state index in [1.807, 2.05) is 0 Å². The topological polar surface area (TPSA) is 116 Å². The van der Waals surface area contributed by atoms with Gasteiger partial charge in [0.05, 0.1) is 4.92 Å². The number of nitro benzene ring substituents is 1. The van der Waals surface area contributed by atoms with Crippen LogP contribution in [0, 0.1) is 27.4 Å². The van der Waals surface area contributed by atoms with Gasteiger partial charge in [-0.1, -0.05) is 6.92 Å². The zero-order valence-corrected chi connectivity index (χ0v) is 10.3. The van der Waals surface area contributed by atoms with Gasteiger partial charge in [-0.2, -0.15) is 5.26 Å². The minimum atomic E-state index is -0.889. The normalized spacial score (nSPS) is 11.4. The second-order valence-electron chi connectivity index (χ2n) is 4.18. The molecule has 7 heteroatoms. The maximum atomic E-state index is 10.8. The summed E-state index contributed by atoms with van der Waals surface area (Å²) in [5.41, 5.74) is 0.218. The summed E-state index contributed by atoms with van der Waals surface area (Å²) in [6.07, 6.45) is 0.0192. The van der Waals surface area contributed by atoms with E-state index in [1.54, 1.807) is 19.1 Å². The van der Waals surface area contributed by atoms with E-state index in [2.05, 4.69) is 5.32 Å². The van der Waals surface area contributed by atoms with E-state index < -0.39 is 10.9 Å². The number of nitrogens with one attached hydrogen (secondary N) is 1. The molecular formula is C12H13N3O4. The Kier molecular flexibility index (Phi) is 4.83. The van der Waals surface area contributed by atoms with E-state index in [1.165, 1.54) is 12.1 Å². The molecule has 100 valence electrons. The van der Waals surface area contributed by atoms with E-state index in [9.17, 15) is 14.9 Å². The number of nitro groups is 1. The summed E-state index contributed by atoms with van der Waals surface area (Å²) in [6, 6.07) is 5.94. The lowest BCUT2D eigenvalue weighted by Gasteiger charge is -2.11. The molecule has 1 rings (SSSR count). The number of anilines is 1. The molecule has 7 nitrogen and oxygen atoms in total. The lowest BCUT2D eigenvalue weighted by Crippen LogP contribution is -2.15. The number of carboxylic acid groups (broad SMARTS) is 1. The molecule has 0 saturated carbocycles. The second kappa shape index (κ2) is 6.35. The molecule has 19 heavy (non-hydrogen) atoms. The molecule has 0 heterocycles. The Balaban J connectivity index is 2.75. The van der Waals surface area contributed by atoms with Crippen LogP contribution < -0.4 is 5.32 Å². The third-order valence-corrected chi connectivity index (χ3v) is 2.49. The summed E-state index contributed by atoms with van der Waals surface area (Å²) >= 11 is 0. The fourth-order valence-electron chi connectivity index (χ4n) is 1.55. The Labute approximate surface area is 109 Å². The average molecular weight is 263 g/mol. The zero-order valence-electron chi connectivity index (χ0n) is 10.3. The highest BCUT2D eigenvalue weighted by Crippen LogP contribution is 2.22. The van der Waals surface area contributed by atoms with Crippen LogP contribution in [0.1, 0.15) is 18.9 Å². The minimum absolute atomic E-state index is 0.00543. The van der Waals surface area contributed by atoms with Crippen LogP contribution in [0.2, 0.25) is 0 Å². The van der Waals surface area contributed by atoms with Crippen molar-refractivity contribution in [3.8, 4) is 6.07 Å². The first kappa shape index (κ1) is 14.4. The molecule has 0 fully saturated rings. The SMILES string of the molecule is CC(CNc1ccc(C#N)c([N+](=O)[O-])c1)CC(=O)O. The molecule has 0 amide bonds. The standard InChI is InChI=1S/C12H13N3O4/c1-8(4-12(16)17)7-14-10-3-2-9(6-13)11(5-10)15(18)19/h2-3,5,8,14H,4,7H2,1H3,(H,16,17). The molecule has 1 atom stereocenters. The number of hydrogen-bond donors (Lipinski definition) is 2. The molecule has 0 aromatic heterocycles. The monoisotopic (exact) mass is 263 g/mol. The van der Waals surface area contributed by atoms with Crippen LogP contribution in [-0.4, -0.2) is 22.5 Å². The highest BCUT2D eigenvalue weighted by atomic mass is 16.6. The third-order valence-electron chi connectivity index (χ3n) is 2.49. The number of carbonyl (C=O) groups is 1. The fraction of sp³-hybridized carbons (Fsp3) is 0.333. The lowest BCUT2D eigenvalue weighted by molar-refractivity contribution is -0.385. The predicted molar refractivity (Wildman–Crippen MR) is 67.7 cm³/mol.